The van der Waals surface area contributed by atoms with Crippen LogP contribution in [0.5, 0.6) is 0 Å². The monoisotopic (exact) mass is 1270 g/mol. The van der Waals surface area contributed by atoms with E-state index in [2.05, 4.69) is 275 Å². The van der Waals surface area contributed by atoms with E-state index in [1.807, 2.05) is 0 Å². The van der Waals surface area contributed by atoms with Crippen molar-refractivity contribution in [1.29, 1.82) is 15.8 Å². The maximum atomic E-state index is 8.64. The Hall–Kier alpha value is -5.08. The molecule has 0 aliphatic carbocycles. The minimum Gasteiger partial charge on any atom is -0.0620 e. The molecule has 8 rings (SSSR count). The Balaban J connectivity index is 0.000000183. The molecule has 0 aromatic heterocycles. The zero-order valence-electron chi connectivity index (χ0n) is 37.9. The molecule has 0 saturated heterocycles. The number of nitrogens with zero attached hydrogens (tertiary/aromatic N) is 4. The summed E-state index contributed by atoms with van der Waals surface area (Å²) in [5.41, 5.74) is -0.234. The molecule has 8 aromatic carbocycles. The first-order chi connectivity index (χ1) is 34.0. The van der Waals surface area contributed by atoms with Gasteiger partial charge in [0.15, 0.2) is 0 Å². The van der Waals surface area contributed by atoms with E-state index in [1.54, 1.807) is 18.2 Å². The van der Waals surface area contributed by atoms with Crippen molar-refractivity contribution in [3.63, 3.8) is 0 Å². The fourth-order valence-electron chi connectivity index (χ4n) is 7.85. The van der Waals surface area contributed by atoms with Gasteiger partial charge in [-0.15, -0.1) is 0 Å². The van der Waals surface area contributed by atoms with Gasteiger partial charge in [0.05, 0.1) is 74.1 Å². The van der Waals surface area contributed by atoms with Gasteiger partial charge in [-0.3, -0.25) is 0 Å². The Morgan fingerprint density at radius 2 is 0.536 bits per heavy atom. The maximum absolute atomic E-state index is 8.64. The van der Waals surface area contributed by atoms with Gasteiger partial charge in [0.2, 0.25) is 0 Å². The Morgan fingerprint density at radius 1 is 0.348 bits per heavy atom. The SMILES string of the molecule is N#CC(C#N)=C(C#N)C(Br)=[N+]=[W][Br].c1ccc([PH+](CC[PH+](c2ccccc2)c2ccccc2)c2ccccc2)cc1.c1ccc([PH+](CC[PH+](c2ccccc2)c2ccccc2)c2ccccc2)cc1. The van der Waals surface area contributed by atoms with Crippen LogP contribution in [0.4, 0.5) is 0 Å². The van der Waals surface area contributed by atoms with Crippen molar-refractivity contribution < 1.29 is 16.3 Å². The van der Waals surface area contributed by atoms with Gasteiger partial charge < -0.3 is 0 Å². The molecule has 69 heavy (non-hydrogen) atoms. The summed E-state index contributed by atoms with van der Waals surface area (Å²) in [6.07, 6.45) is 5.04. The number of nitriles is 3. The average Bonchev–Trinajstić information content (AvgIpc) is 3.43. The largest absolute Gasteiger partial charge is 0.101 e. The van der Waals surface area contributed by atoms with E-state index in [1.165, 1.54) is 67.1 Å². The van der Waals surface area contributed by atoms with E-state index in [0.717, 1.165) is 0 Å². The van der Waals surface area contributed by atoms with Crippen LogP contribution in [0.2, 0.25) is 0 Å². The molecule has 0 spiro atoms. The van der Waals surface area contributed by atoms with Crippen molar-refractivity contribution in [1.82, 2.24) is 3.17 Å². The smallest absolute Gasteiger partial charge is 0.0620 e. The molecular formula is C58H52Br2N4P4W+5. The van der Waals surface area contributed by atoms with Crippen LogP contribution in [0.1, 0.15) is 0 Å². The second kappa shape index (κ2) is 30.5. The molecule has 0 unspecified atom stereocenters. The molecule has 0 radical (unpaired) electrons. The van der Waals surface area contributed by atoms with Crippen LogP contribution in [0.3, 0.4) is 0 Å². The molecule has 8 aromatic rings. The standard InChI is InChI=1S/2C26H24P2.C6BrN4.BrH.W/c2*1-5-13-23(14-6-1)27(24-15-7-2-8-16-24)21-22-28(25-17-9-3-10-18-25)26-19-11-4-12-20-26;7-6(11)5(3-10)4(1-8)2-9;;/h2*1-20H,21-22H2;;1H;/q;;-1;;+3/p+3. The predicted molar refractivity (Wildman–Crippen MR) is 310 cm³/mol. The Kier molecular flexibility index (Phi) is 23.6. The van der Waals surface area contributed by atoms with E-state index in [-0.39, 0.29) is 15.8 Å². The van der Waals surface area contributed by atoms with E-state index in [9.17, 15) is 0 Å². The van der Waals surface area contributed by atoms with E-state index in [4.69, 9.17) is 15.8 Å². The molecule has 0 bridgehead atoms. The molecule has 0 N–H and O–H groups in total. The fourth-order valence-corrected chi connectivity index (χ4v) is 24.5. The summed E-state index contributed by atoms with van der Waals surface area (Å²) in [4.78, 5) is 0. The van der Waals surface area contributed by atoms with Crippen LogP contribution in [0.15, 0.2) is 254 Å². The van der Waals surface area contributed by atoms with Crippen LogP contribution >= 0.6 is 60.9 Å². The van der Waals surface area contributed by atoms with Crippen LogP contribution in [-0.2, 0) is 16.3 Å². The van der Waals surface area contributed by atoms with Gasteiger partial charge in [-0.1, -0.05) is 146 Å². The molecule has 339 valence electrons. The Labute approximate surface area is 436 Å². The first-order valence-corrected chi connectivity index (χ1v) is 37.7. The number of hydrogen-bond acceptors (Lipinski definition) is 3. The fraction of sp³-hybridized carbons (Fsp3) is 0.0690. The molecule has 0 amide bonds. The Bertz CT molecular complexity index is 2480. The summed E-state index contributed by atoms with van der Waals surface area (Å²) >= 11 is 5.22. The molecule has 0 heterocycles. The van der Waals surface area contributed by atoms with Crippen molar-refractivity contribution in [2.24, 2.45) is 0 Å². The minimum absolute atomic E-state index is 0.00977. The third-order valence-electron chi connectivity index (χ3n) is 11.1. The molecule has 0 fully saturated rings. The average molecular weight is 1270 g/mol. The van der Waals surface area contributed by atoms with Gasteiger partial charge in [0, 0.05) is 0 Å². The van der Waals surface area contributed by atoms with E-state index in [0.29, 0.717) is 0 Å². The third kappa shape index (κ3) is 16.8. The summed E-state index contributed by atoms with van der Waals surface area (Å²) in [6.45, 7) is 0. The van der Waals surface area contributed by atoms with Crippen LogP contribution in [-0.4, -0.2) is 29.3 Å². The zero-order chi connectivity index (χ0) is 48.3. The second-order valence-electron chi connectivity index (χ2n) is 15.4. The normalized spacial score (nSPS) is 10.2. The van der Waals surface area contributed by atoms with Crippen LogP contribution in [0, 0.1) is 34.0 Å². The van der Waals surface area contributed by atoms with Crippen molar-refractivity contribution in [2.45, 2.75) is 0 Å². The second-order valence-corrected chi connectivity index (χ2v) is 30.1. The van der Waals surface area contributed by atoms with Gasteiger partial charge >= 0.3 is 98.5 Å². The quantitative estimate of drug-likeness (QED) is 0.0444. The van der Waals surface area contributed by atoms with Crippen molar-refractivity contribution in [3.8, 4) is 18.2 Å². The van der Waals surface area contributed by atoms with Gasteiger partial charge in [0.1, 0.15) is 24.6 Å². The first-order valence-electron chi connectivity index (χ1n) is 22.4. The summed E-state index contributed by atoms with van der Waals surface area (Å²) in [7, 11) is -3.13. The number of benzene rings is 8. The molecule has 11 heteroatoms. The molecule has 0 atom stereocenters. The van der Waals surface area contributed by atoms with Gasteiger partial charge in [-0.25, -0.2) is 0 Å². The molecular weight excluding hydrogens is 1220 g/mol. The number of rotatable bonds is 15. The third-order valence-corrected chi connectivity index (χ3v) is 27.0. The summed E-state index contributed by atoms with van der Waals surface area (Å²) in [6, 6.07) is 94.0. The minimum atomic E-state index is -0.999. The van der Waals surface area contributed by atoms with Gasteiger partial charge in [-0.2, -0.15) is 0 Å². The number of halogens is 2. The molecule has 0 aliphatic rings. The molecule has 4 nitrogen and oxygen atoms in total. The number of hydrogen-bond donors (Lipinski definition) is 0. The van der Waals surface area contributed by atoms with Crippen LogP contribution in [0.25, 0.3) is 0 Å². The van der Waals surface area contributed by atoms with Gasteiger partial charge in [-0.05, 0) is 97.1 Å². The van der Waals surface area contributed by atoms with Crippen molar-refractivity contribution in [2.75, 3.05) is 24.6 Å². The first kappa shape index (κ1) is 53.3. The topological polar surface area (TPSA) is 85.5 Å². The van der Waals surface area contributed by atoms with Gasteiger partial charge in [0.25, 0.3) is 0 Å². The van der Waals surface area contributed by atoms with Crippen LogP contribution < -0.4 is 45.6 Å². The van der Waals surface area contributed by atoms with Crippen molar-refractivity contribution >= 4 is 108 Å². The zero-order valence-corrected chi connectivity index (χ0v) is 48.0. The summed E-state index contributed by atoms with van der Waals surface area (Å²) < 4.78 is 4.22. The van der Waals surface area contributed by atoms with Crippen molar-refractivity contribution in [3.05, 3.63) is 254 Å². The van der Waals surface area contributed by atoms with E-state index < -0.39 is 48.0 Å². The number of allylic oxidation sites excluding steroid dienone is 2. The predicted octanol–water partition coefficient (Wildman–Crippen LogP) is 10.7. The summed E-state index contributed by atoms with van der Waals surface area (Å²) in [5, 5.41) is 37.7. The Morgan fingerprint density at radius 3 is 0.681 bits per heavy atom. The molecule has 0 aliphatic heterocycles. The van der Waals surface area contributed by atoms with E-state index >= 15 is 0 Å². The maximum Gasteiger partial charge on any atom is 0.101 e. The summed E-state index contributed by atoms with van der Waals surface area (Å²) in [5.74, 6) is 0. The molecule has 0 saturated carbocycles.